The minimum atomic E-state index is -0.645. The summed E-state index contributed by atoms with van der Waals surface area (Å²) in [4.78, 5) is 0. The van der Waals surface area contributed by atoms with Gasteiger partial charge in [0, 0.05) is 16.2 Å². The number of hydrogen-bond acceptors (Lipinski definition) is 2. The molecule has 0 aromatic heterocycles. The summed E-state index contributed by atoms with van der Waals surface area (Å²) in [6.45, 7) is 0. The lowest BCUT2D eigenvalue weighted by molar-refractivity contribution is 0.586. The third-order valence-electron chi connectivity index (χ3n) is 2.19. The fourth-order valence-electron chi connectivity index (χ4n) is 1.37. The Morgan fingerprint density at radius 2 is 1.71 bits per heavy atom. The standard InChI is InChI=1S/C12H9BrF2N2/c13-9-6-8(16)2-4-11(9)17-12-3-1-7(14)5-10(12)15/h1-6,17H,16H2. The van der Waals surface area contributed by atoms with Crippen molar-refractivity contribution in [1.82, 2.24) is 0 Å². The first-order chi connectivity index (χ1) is 8.06. The number of hydrogen-bond donors (Lipinski definition) is 2. The highest BCUT2D eigenvalue weighted by atomic mass is 79.9. The molecule has 0 bridgehead atoms. The topological polar surface area (TPSA) is 38.0 Å². The van der Waals surface area contributed by atoms with E-state index in [0.717, 1.165) is 6.07 Å². The van der Waals surface area contributed by atoms with Crippen LogP contribution in [0.4, 0.5) is 25.8 Å². The highest BCUT2D eigenvalue weighted by Crippen LogP contribution is 2.28. The summed E-state index contributed by atoms with van der Waals surface area (Å²) in [6.07, 6.45) is 0. The van der Waals surface area contributed by atoms with E-state index in [9.17, 15) is 8.78 Å². The maximum absolute atomic E-state index is 13.4. The predicted octanol–water partition coefficient (Wildman–Crippen LogP) is 4.05. The SMILES string of the molecule is Nc1ccc(Nc2ccc(F)cc2F)c(Br)c1. The van der Waals surface area contributed by atoms with E-state index in [0.29, 0.717) is 15.8 Å². The van der Waals surface area contributed by atoms with Crippen molar-refractivity contribution in [1.29, 1.82) is 0 Å². The van der Waals surface area contributed by atoms with Gasteiger partial charge in [0.1, 0.15) is 11.6 Å². The number of nitrogens with one attached hydrogen (secondary N) is 1. The highest BCUT2D eigenvalue weighted by Gasteiger charge is 2.06. The number of nitrogen functional groups attached to an aromatic ring is 1. The molecule has 0 saturated heterocycles. The first-order valence-electron chi connectivity index (χ1n) is 4.83. The lowest BCUT2D eigenvalue weighted by atomic mass is 10.2. The quantitative estimate of drug-likeness (QED) is 0.821. The zero-order chi connectivity index (χ0) is 12.4. The van der Waals surface area contributed by atoms with Crippen LogP contribution >= 0.6 is 15.9 Å². The van der Waals surface area contributed by atoms with Crippen LogP contribution in [0, 0.1) is 11.6 Å². The van der Waals surface area contributed by atoms with Gasteiger partial charge in [-0.2, -0.15) is 0 Å². The molecular weight excluding hydrogens is 290 g/mol. The second-order valence-electron chi connectivity index (χ2n) is 3.49. The molecular formula is C12H9BrF2N2. The first kappa shape index (κ1) is 11.9. The lowest BCUT2D eigenvalue weighted by Crippen LogP contribution is -1.96. The monoisotopic (exact) mass is 298 g/mol. The molecule has 3 N–H and O–H groups in total. The maximum atomic E-state index is 13.4. The summed E-state index contributed by atoms with van der Waals surface area (Å²) in [5, 5.41) is 2.85. The fourth-order valence-corrected chi connectivity index (χ4v) is 1.86. The average Bonchev–Trinajstić information content (AvgIpc) is 2.25. The highest BCUT2D eigenvalue weighted by molar-refractivity contribution is 9.10. The first-order valence-corrected chi connectivity index (χ1v) is 5.62. The molecule has 17 heavy (non-hydrogen) atoms. The van der Waals surface area contributed by atoms with Crippen molar-refractivity contribution in [3.05, 3.63) is 52.5 Å². The van der Waals surface area contributed by atoms with Gasteiger partial charge in [0.2, 0.25) is 0 Å². The average molecular weight is 299 g/mol. The molecule has 0 radical (unpaired) electrons. The summed E-state index contributed by atoms with van der Waals surface area (Å²) in [5.41, 5.74) is 7.05. The van der Waals surface area contributed by atoms with Gasteiger partial charge >= 0.3 is 0 Å². The van der Waals surface area contributed by atoms with E-state index >= 15 is 0 Å². The molecule has 0 saturated carbocycles. The Hall–Kier alpha value is -1.62. The predicted molar refractivity (Wildman–Crippen MR) is 68.2 cm³/mol. The van der Waals surface area contributed by atoms with Crippen LogP contribution in [0.25, 0.3) is 0 Å². The molecule has 0 fully saturated rings. The van der Waals surface area contributed by atoms with Gasteiger partial charge in [-0.3, -0.25) is 0 Å². The molecule has 2 rings (SSSR count). The number of nitrogens with two attached hydrogens (primary N) is 1. The molecule has 2 nitrogen and oxygen atoms in total. The second-order valence-corrected chi connectivity index (χ2v) is 4.34. The fraction of sp³-hybridized carbons (Fsp3) is 0. The van der Waals surface area contributed by atoms with Gasteiger partial charge in [-0.1, -0.05) is 0 Å². The van der Waals surface area contributed by atoms with Crippen molar-refractivity contribution in [2.75, 3.05) is 11.1 Å². The number of halogens is 3. The van der Waals surface area contributed by atoms with E-state index in [4.69, 9.17) is 5.73 Å². The molecule has 0 aliphatic rings. The van der Waals surface area contributed by atoms with Crippen LogP contribution in [0.2, 0.25) is 0 Å². The van der Waals surface area contributed by atoms with Gasteiger partial charge in [0.05, 0.1) is 11.4 Å². The molecule has 0 aliphatic carbocycles. The van der Waals surface area contributed by atoms with Crippen LogP contribution in [0.5, 0.6) is 0 Å². The molecule has 88 valence electrons. The molecule has 2 aromatic rings. The molecule has 0 unspecified atom stereocenters. The molecule has 0 aliphatic heterocycles. The Morgan fingerprint density at radius 3 is 2.35 bits per heavy atom. The Balaban J connectivity index is 2.31. The lowest BCUT2D eigenvalue weighted by Gasteiger charge is -2.10. The van der Waals surface area contributed by atoms with E-state index in [1.807, 2.05) is 0 Å². The number of anilines is 3. The zero-order valence-electron chi connectivity index (χ0n) is 8.68. The molecule has 0 amide bonds. The molecule has 0 heterocycles. The summed E-state index contributed by atoms with van der Waals surface area (Å²) in [5.74, 6) is -1.25. The van der Waals surface area contributed by atoms with Crippen molar-refractivity contribution < 1.29 is 8.78 Å². The van der Waals surface area contributed by atoms with Crippen molar-refractivity contribution in [2.24, 2.45) is 0 Å². The minimum Gasteiger partial charge on any atom is -0.399 e. The van der Waals surface area contributed by atoms with Crippen LogP contribution < -0.4 is 11.1 Å². The summed E-state index contributed by atoms with van der Waals surface area (Å²) in [7, 11) is 0. The normalized spacial score (nSPS) is 10.3. The van der Waals surface area contributed by atoms with E-state index in [1.54, 1.807) is 18.2 Å². The molecule has 0 spiro atoms. The molecule has 5 heteroatoms. The Bertz CT molecular complexity index is 509. The van der Waals surface area contributed by atoms with E-state index in [-0.39, 0.29) is 5.69 Å². The van der Waals surface area contributed by atoms with Crippen molar-refractivity contribution in [3.63, 3.8) is 0 Å². The Morgan fingerprint density at radius 1 is 1.00 bits per heavy atom. The van der Waals surface area contributed by atoms with Crippen LogP contribution in [0.15, 0.2) is 40.9 Å². The van der Waals surface area contributed by atoms with Crippen LogP contribution in [0.1, 0.15) is 0 Å². The minimum absolute atomic E-state index is 0.205. The molecule has 2 aromatic carbocycles. The zero-order valence-corrected chi connectivity index (χ0v) is 10.3. The van der Waals surface area contributed by atoms with Gasteiger partial charge in [-0.15, -0.1) is 0 Å². The van der Waals surface area contributed by atoms with Crippen molar-refractivity contribution in [2.45, 2.75) is 0 Å². The Labute approximate surface area is 106 Å². The van der Waals surface area contributed by atoms with E-state index < -0.39 is 11.6 Å². The smallest absolute Gasteiger partial charge is 0.149 e. The largest absolute Gasteiger partial charge is 0.399 e. The van der Waals surface area contributed by atoms with E-state index in [1.165, 1.54) is 12.1 Å². The van der Waals surface area contributed by atoms with Crippen molar-refractivity contribution in [3.8, 4) is 0 Å². The summed E-state index contributed by atoms with van der Waals surface area (Å²) < 4.78 is 26.8. The van der Waals surface area contributed by atoms with Gasteiger partial charge in [0.15, 0.2) is 0 Å². The van der Waals surface area contributed by atoms with Crippen LogP contribution in [-0.2, 0) is 0 Å². The maximum Gasteiger partial charge on any atom is 0.149 e. The Kier molecular flexibility index (Phi) is 3.28. The van der Waals surface area contributed by atoms with Crippen LogP contribution in [0.3, 0.4) is 0 Å². The third kappa shape index (κ3) is 2.74. The third-order valence-corrected chi connectivity index (χ3v) is 2.85. The number of benzene rings is 2. The van der Waals surface area contributed by atoms with Gasteiger partial charge in [-0.05, 0) is 46.3 Å². The van der Waals surface area contributed by atoms with Gasteiger partial charge in [0.25, 0.3) is 0 Å². The van der Waals surface area contributed by atoms with Gasteiger partial charge in [-0.25, -0.2) is 8.78 Å². The summed E-state index contributed by atoms with van der Waals surface area (Å²) in [6, 6.07) is 8.46. The molecule has 0 atom stereocenters. The van der Waals surface area contributed by atoms with Crippen LogP contribution in [-0.4, -0.2) is 0 Å². The van der Waals surface area contributed by atoms with Crippen molar-refractivity contribution >= 4 is 33.0 Å². The second kappa shape index (κ2) is 4.71. The summed E-state index contributed by atoms with van der Waals surface area (Å²) >= 11 is 3.30. The van der Waals surface area contributed by atoms with Gasteiger partial charge < -0.3 is 11.1 Å². The number of rotatable bonds is 2. The van der Waals surface area contributed by atoms with E-state index in [2.05, 4.69) is 21.2 Å².